The molecule has 0 saturated carbocycles. The average molecular weight is 266 g/mol. The highest BCUT2D eigenvalue weighted by molar-refractivity contribution is 5.98. The number of esters is 1. The Balaban J connectivity index is 2.38. The molecule has 0 bridgehead atoms. The smallest absolute Gasteiger partial charge is 0.338 e. The van der Waals surface area contributed by atoms with Crippen LogP contribution in [0.5, 0.6) is 0 Å². The van der Waals surface area contributed by atoms with Crippen LogP contribution < -0.4 is 0 Å². The number of hydrogen-bond acceptors (Lipinski definition) is 2. The zero-order chi connectivity index (χ0) is 14.4. The molecule has 0 unspecified atom stereocenters. The topological polar surface area (TPSA) is 26.3 Å². The van der Waals surface area contributed by atoms with E-state index in [1.165, 1.54) is 33.4 Å². The molecule has 1 fully saturated rings. The predicted octanol–water partition coefficient (Wildman–Crippen LogP) is 3.95. The number of carbonyl (C=O) groups excluding carboxylic acids is 1. The molecule has 0 radical (unpaired) electrons. The van der Waals surface area contributed by atoms with E-state index in [1.807, 2.05) is 12.2 Å². The first-order valence-electron chi connectivity index (χ1n) is 6.87. The quantitative estimate of drug-likeness (QED) is 0.621. The number of hydrogen-bond donors (Lipinski definition) is 0. The van der Waals surface area contributed by atoms with Gasteiger partial charge in [-0.1, -0.05) is 23.8 Å². The van der Waals surface area contributed by atoms with Gasteiger partial charge < -0.3 is 4.74 Å². The van der Waals surface area contributed by atoms with E-state index < -0.39 is 0 Å². The van der Waals surface area contributed by atoms with Gasteiger partial charge in [0, 0.05) is 5.57 Å². The van der Waals surface area contributed by atoms with Crippen LogP contribution in [0.3, 0.4) is 0 Å². The molecule has 2 aliphatic carbocycles. The minimum Gasteiger partial charge on any atom is -0.457 e. The Kier molecular flexibility index (Phi) is 2.89. The Morgan fingerprint density at radius 3 is 2.45 bits per heavy atom. The summed E-state index contributed by atoms with van der Waals surface area (Å²) in [6, 6.07) is 0. The van der Waals surface area contributed by atoms with Crippen molar-refractivity contribution in [1.82, 2.24) is 0 Å². The summed E-state index contributed by atoms with van der Waals surface area (Å²) in [5.41, 5.74) is 8.98. The van der Waals surface area contributed by atoms with Gasteiger partial charge in [0.05, 0.1) is 5.57 Å². The van der Waals surface area contributed by atoms with Gasteiger partial charge in [0.1, 0.15) is 6.61 Å². The van der Waals surface area contributed by atoms with Crippen molar-refractivity contribution in [2.75, 3.05) is 6.61 Å². The lowest BCUT2D eigenvalue weighted by Crippen LogP contribution is -2.01. The normalized spacial score (nSPS) is 22.1. The molecule has 0 amide bonds. The number of carbonyl (C=O) groups is 1. The molecule has 1 heterocycles. The van der Waals surface area contributed by atoms with Crippen molar-refractivity contribution in [1.29, 1.82) is 0 Å². The van der Waals surface area contributed by atoms with E-state index in [4.69, 9.17) is 4.74 Å². The van der Waals surface area contributed by atoms with Gasteiger partial charge >= 0.3 is 5.97 Å². The van der Waals surface area contributed by atoms with Gasteiger partial charge in [0.15, 0.2) is 0 Å². The monoisotopic (exact) mass is 266 g/mol. The molecule has 1 saturated heterocycles. The highest BCUT2D eigenvalue weighted by Crippen LogP contribution is 2.40. The first-order valence-corrected chi connectivity index (χ1v) is 6.87. The molecule has 20 heavy (non-hydrogen) atoms. The van der Waals surface area contributed by atoms with Crippen LogP contribution >= 0.6 is 0 Å². The van der Waals surface area contributed by atoms with Crippen molar-refractivity contribution in [2.24, 2.45) is 0 Å². The molecule has 0 N–H and O–H groups in total. The van der Waals surface area contributed by atoms with E-state index in [0.29, 0.717) is 12.2 Å². The molecule has 3 aliphatic rings. The Hall–Kier alpha value is -2.09. The van der Waals surface area contributed by atoms with Gasteiger partial charge in [-0.05, 0) is 61.6 Å². The van der Waals surface area contributed by atoms with Crippen molar-refractivity contribution < 1.29 is 9.53 Å². The largest absolute Gasteiger partial charge is 0.457 e. The van der Waals surface area contributed by atoms with Crippen LogP contribution in [0.2, 0.25) is 0 Å². The van der Waals surface area contributed by atoms with Gasteiger partial charge in [-0.25, -0.2) is 4.79 Å². The summed E-state index contributed by atoms with van der Waals surface area (Å²) in [4.78, 5) is 11.9. The standard InChI is InChI=1S/C18H18O2/c1-10-7-12(3)16-11(2)5-6-14-15(9-20-18(14)19)17(16)13(4)8-10/h5-8H,9H2,1-4H3. The zero-order valence-corrected chi connectivity index (χ0v) is 12.3. The summed E-state index contributed by atoms with van der Waals surface area (Å²) in [6.45, 7) is 8.83. The van der Waals surface area contributed by atoms with Crippen molar-refractivity contribution in [3.05, 3.63) is 68.9 Å². The van der Waals surface area contributed by atoms with Crippen molar-refractivity contribution in [3.63, 3.8) is 0 Å². The first kappa shape index (κ1) is 12.9. The Labute approximate surface area is 119 Å². The Morgan fingerprint density at radius 1 is 0.950 bits per heavy atom. The van der Waals surface area contributed by atoms with Crippen LogP contribution in [0, 0.1) is 0 Å². The lowest BCUT2D eigenvalue weighted by atomic mass is 9.87. The maximum atomic E-state index is 11.9. The molecular weight excluding hydrogens is 248 g/mol. The third-order valence-electron chi connectivity index (χ3n) is 4.02. The van der Waals surface area contributed by atoms with Crippen LogP contribution in [-0.4, -0.2) is 12.6 Å². The van der Waals surface area contributed by atoms with Crippen LogP contribution in [0.15, 0.2) is 68.9 Å². The summed E-state index contributed by atoms with van der Waals surface area (Å²) >= 11 is 0. The minimum absolute atomic E-state index is 0.211. The van der Waals surface area contributed by atoms with Gasteiger partial charge in [0.25, 0.3) is 0 Å². The van der Waals surface area contributed by atoms with Gasteiger partial charge in [-0.2, -0.15) is 0 Å². The number of cyclic esters (lactones) is 1. The molecule has 0 aromatic carbocycles. The van der Waals surface area contributed by atoms with E-state index in [0.717, 1.165) is 5.57 Å². The molecule has 0 aromatic heterocycles. The fourth-order valence-corrected chi connectivity index (χ4v) is 3.24. The van der Waals surface area contributed by atoms with E-state index in [2.05, 4.69) is 39.8 Å². The molecule has 2 nitrogen and oxygen atoms in total. The minimum atomic E-state index is -0.211. The average Bonchev–Trinajstić information content (AvgIpc) is 2.58. The maximum Gasteiger partial charge on any atom is 0.338 e. The van der Waals surface area contributed by atoms with Gasteiger partial charge in [-0.15, -0.1) is 0 Å². The molecule has 102 valence electrons. The Morgan fingerprint density at radius 2 is 1.70 bits per heavy atom. The third-order valence-corrected chi connectivity index (χ3v) is 4.02. The third kappa shape index (κ3) is 1.83. The summed E-state index contributed by atoms with van der Waals surface area (Å²) in [5.74, 6) is -0.211. The molecule has 2 heteroatoms. The van der Waals surface area contributed by atoms with Crippen LogP contribution in [0.4, 0.5) is 0 Å². The summed E-state index contributed by atoms with van der Waals surface area (Å²) in [5, 5.41) is 0. The highest BCUT2D eigenvalue weighted by Gasteiger charge is 2.31. The number of ether oxygens (including phenoxy) is 1. The molecule has 0 atom stereocenters. The number of allylic oxidation sites excluding steroid dienone is 10. The maximum absolute atomic E-state index is 11.9. The van der Waals surface area contributed by atoms with Crippen molar-refractivity contribution in [3.8, 4) is 0 Å². The molecule has 1 aliphatic heterocycles. The van der Waals surface area contributed by atoms with Gasteiger partial charge in [-0.3, -0.25) is 0 Å². The van der Waals surface area contributed by atoms with Crippen LogP contribution in [0.1, 0.15) is 27.7 Å². The number of rotatable bonds is 0. The highest BCUT2D eigenvalue weighted by atomic mass is 16.5. The summed E-state index contributed by atoms with van der Waals surface area (Å²) < 4.78 is 5.23. The first-order chi connectivity index (χ1) is 9.49. The molecular formula is C18H18O2. The van der Waals surface area contributed by atoms with E-state index >= 15 is 0 Å². The number of fused-ring (bicyclic) bond motifs is 2. The fourth-order valence-electron chi connectivity index (χ4n) is 3.24. The van der Waals surface area contributed by atoms with Gasteiger partial charge in [0.2, 0.25) is 0 Å². The molecule has 0 spiro atoms. The fraction of sp³-hybridized carbons (Fsp3) is 0.278. The molecule has 3 rings (SSSR count). The second-order valence-electron chi connectivity index (χ2n) is 5.63. The van der Waals surface area contributed by atoms with Crippen molar-refractivity contribution >= 4 is 5.97 Å². The van der Waals surface area contributed by atoms with E-state index in [1.54, 1.807) is 0 Å². The van der Waals surface area contributed by atoms with E-state index in [9.17, 15) is 4.79 Å². The summed E-state index contributed by atoms with van der Waals surface area (Å²) in [7, 11) is 0. The second-order valence-corrected chi connectivity index (χ2v) is 5.63. The Bertz CT molecular complexity index is 704. The summed E-state index contributed by atoms with van der Waals surface area (Å²) in [6.07, 6.45) is 8.30. The van der Waals surface area contributed by atoms with Crippen LogP contribution in [0.25, 0.3) is 0 Å². The van der Waals surface area contributed by atoms with Crippen LogP contribution in [-0.2, 0) is 9.53 Å². The SMILES string of the molecule is CC1=CC(C)=C2C(C)=CC=C3C(=O)OCC3=C2C(C)=C1. The molecule has 0 aromatic rings. The van der Waals surface area contributed by atoms with Crippen molar-refractivity contribution in [2.45, 2.75) is 27.7 Å². The lowest BCUT2D eigenvalue weighted by Gasteiger charge is -2.16. The predicted molar refractivity (Wildman–Crippen MR) is 80.0 cm³/mol. The lowest BCUT2D eigenvalue weighted by molar-refractivity contribution is -0.134. The van der Waals surface area contributed by atoms with E-state index in [-0.39, 0.29) is 5.97 Å². The second kappa shape index (κ2) is 4.48. The zero-order valence-electron chi connectivity index (χ0n) is 12.3.